The van der Waals surface area contributed by atoms with Crippen molar-refractivity contribution in [1.82, 2.24) is 5.32 Å². The highest BCUT2D eigenvalue weighted by Crippen LogP contribution is 2.26. The van der Waals surface area contributed by atoms with Crippen molar-refractivity contribution >= 4 is 49.4 Å². The topological polar surface area (TPSA) is 58.2 Å². The molecule has 0 aromatic heterocycles. The molecular formula is C14H18Br2N2O2. The SMILES string of the molecule is CC(C)(C)C(=O)NCCC(=O)Nc1ccc(Br)cc1Br. The van der Waals surface area contributed by atoms with E-state index in [1.165, 1.54) is 0 Å². The van der Waals surface area contributed by atoms with Gasteiger partial charge in [-0.2, -0.15) is 0 Å². The van der Waals surface area contributed by atoms with Gasteiger partial charge in [-0.25, -0.2) is 0 Å². The molecule has 0 saturated carbocycles. The summed E-state index contributed by atoms with van der Waals surface area (Å²) in [6.45, 7) is 5.83. The zero-order valence-corrected chi connectivity index (χ0v) is 14.9. The van der Waals surface area contributed by atoms with Crippen LogP contribution in [0.4, 0.5) is 5.69 Å². The molecular weight excluding hydrogens is 388 g/mol. The second kappa shape index (κ2) is 7.22. The van der Waals surface area contributed by atoms with Gasteiger partial charge < -0.3 is 10.6 Å². The standard InChI is InChI=1S/C14H18Br2N2O2/c1-14(2,3)13(20)17-7-6-12(19)18-11-5-4-9(15)8-10(11)16/h4-5,8H,6-7H2,1-3H3,(H,17,20)(H,18,19). The number of nitrogens with one attached hydrogen (secondary N) is 2. The van der Waals surface area contributed by atoms with Gasteiger partial charge in [0.25, 0.3) is 0 Å². The van der Waals surface area contributed by atoms with Crippen LogP contribution in [0.3, 0.4) is 0 Å². The predicted octanol–water partition coefficient (Wildman–Crippen LogP) is 3.70. The average Bonchev–Trinajstić information content (AvgIpc) is 2.31. The lowest BCUT2D eigenvalue weighted by Gasteiger charge is -2.17. The molecule has 20 heavy (non-hydrogen) atoms. The largest absolute Gasteiger partial charge is 0.355 e. The molecule has 0 spiro atoms. The number of anilines is 1. The summed E-state index contributed by atoms with van der Waals surface area (Å²) in [6.07, 6.45) is 0.240. The summed E-state index contributed by atoms with van der Waals surface area (Å²) >= 11 is 6.73. The normalized spacial score (nSPS) is 11.1. The van der Waals surface area contributed by atoms with Crippen molar-refractivity contribution in [3.05, 3.63) is 27.1 Å². The number of hydrogen-bond acceptors (Lipinski definition) is 2. The minimum atomic E-state index is -0.439. The van der Waals surface area contributed by atoms with Crippen LogP contribution in [0.2, 0.25) is 0 Å². The van der Waals surface area contributed by atoms with Crippen molar-refractivity contribution in [2.45, 2.75) is 27.2 Å². The Balaban J connectivity index is 2.43. The molecule has 0 saturated heterocycles. The third kappa shape index (κ3) is 5.63. The van der Waals surface area contributed by atoms with Gasteiger partial charge in [-0.1, -0.05) is 36.7 Å². The Morgan fingerprint density at radius 2 is 1.85 bits per heavy atom. The van der Waals surface area contributed by atoms with Crippen LogP contribution in [0, 0.1) is 5.41 Å². The molecule has 0 heterocycles. The Kier molecular flexibility index (Phi) is 6.20. The summed E-state index contributed by atoms with van der Waals surface area (Å²) in [6, 6.07) is 5.51. The smallest absolute Gasteiger partial charge is 0.226 e. The van der Waals surface area contributed by atoms with Gasteiger partial charge in [0.05, 0.1) is 5.69 Å². The first-order valence-electron chi connectivity index (χ1n) is 6.23. The molecule has 1 aromatic carbocycles. The number of hydrogen-bond donors (Lipinski definition) is 2. The molecule has 4 nitrogen and oxygen atoms in total. The summed E-state index contributed by atoms with van der Waals surface area (Å²) in [7, 11) is 0. The summed E-state index contributed by atoms with van der Waals surface area (Å²) < 4.78 is 1.73. The first-order chi connectivity index (χ1) is 9.20. The molecule has 0 bridgehead atoms. The van der Waals surface area contributed by atoms with E-state index in [0.29, 0.717) is 12.2 Å². The fourth-order valence-electron chi connectivity index (χ4n) is 1.36. The van der Waals surface area contributed by atoms with Crippen molar-refractivity contribution in [3.63, 3.8) is 0 Å². The number of benzene rings is 1. The Labute approximate surface area is 136 Å². The van der Waals surface area contributed by atoms with Crippen LogP contribution in [0.25, 0.3) is 0 Å². The van der Waals surface area contributed by atoms with E-state index in [0.717, 1.165) is 8.95 Å². The number of carbonyl (C=O) groups is 2. The summed E-state index contributed by atoms with van der Waals surface area (Å²) in [5.41, 5.74) is 0.269. The van der Waals surface area contributed by atoms with Gasteiger partial charge in [0.2, 0.25) is 11.8 Å². The highest BCUT2D eigenvalue weighted by atomic mass is 79.9. The van der Waals surface area contributed by atoms with E-state index in [1.54, 1.807) is 6.07 Å². The van der Waals surface area contributed by atoms with Crippen LogP contribution in [0.5, 0.6) is 0 Å². The highest BCUT2D eigenvalue weighted by Gasteiger charge is 2.20. The molecule has 0 aliphatic heterocycles. The third-order valence-corrected chi connectivity index (χ3v) is 3.67. The predicted molar refractivity (Wildman–Crippen MR) is 87.6 cm³/mol. The molecule has 0 aliphatic carbocycles. The van der Waals surface area contributed by atoms with Crippen molar-refractivity contribution in [1.29, 1.82) is 0 Å². The van der Waals surface area contributed by atoms with E-state index in [9.17, 15) is 9.59 Å². The van der Waals surface area contributed by atoms with E-state index < -0.39 is 5.41 Å². The van der Waals surface area contributed by atoms with E-state index in [-0.39, 0.29) is 18.2 Å². The van der Waals surface area contributed by atoms with Crippen LogP contribution in [0.1, 0.15) is 27.2 Å². The minimum Gasteiger partial charge on any atom is -0.355 e. The van der Waals surface area contributed by atoms with Gasteiger partial charge in [-0.15, -0.1) is 0 Å². The van der Waals surface area contributed by atoms with E-state index in [2.05, 4.69) is 42.5 Å². The fraction of sp³-hybridized carbons (Fsp3) is 0.429. The zero-order chi connectivity index (χ0) is 15.3. The molecule has 6 heteroatoms. The zero-order valence-electron chi connectivity index (χ0n) is 11.7. The van der Waals surface area contributed by atoms with Crippen LogP contribution in [-0.2, 0) is 9.59 Å². The molecule has 0 unspecified atom stereocenters. The molecule has 2 N–H and O–H groups in total. The first kappa shape index (κ1) is 17.2. The Bertz CT molecular complexity index is 510. The molecule has 0 atom stereocenters. The Morgan fingerprint density at radius 1 is 1.20 bits per heavy atom. The third-order valence-electron chi connectivity index (χ3n) is 2.52. The van der Waals surface area contributed by atoms with Crippen molar-refractivity contribution in [3.8, 4) is 0 Å². The van der Waals surface area contributed by atoms with Gasteiger partial charge >= 0.3 is 0 Å². The molecule has 0 fully saturated rings. The lowest BCUT2D eigenvalue weighted by Crippen LogP contribution is -2.36. The Morgan fingerprint density at radius 3 is 2.40 bits per heavy atom. The molecule has 1 rings (SSSR count). The monoisotopic (exact) mass is 404 g/mol. The molecule has 110 valence electrons. The van der Waals surface area contributed by atoms with Gasteiger partial charge in [0.15, 0.2) is 0 Å². The molecule has 1 aromatic rings. The van der Waals surface area contributed by atoms with Gasteiger partial charge in [0, 0.05) is 27.3 Å². The van der Waals surface area contributed by atoms with Crippen molar-refractivity contribution < 1.29 is 9.59 Å². The Hall–Kier alpha value is -0.880. The molecule has 0 aliphatic rings. The first-order valence-corrected chi connectivity index (χ1v) is 7.82. The van der Waals surface area contributed by atoms with Crippen LogP contribution in [0.15, 0.2) is 27.1 Å². The fourth-order valence-corrected chi connectivity index (χ4v) is 2.50. The number of rotatable bonds is 4. The van der Waals surface area contributed by atoms with E-state index in [1.807, 2.05) is 32.9 Å². The average molecular weight is 406 g/mol. The maximum Gasteiger partial charge on any atom is 0.226 e. The van der Waals surface area contributed by atoms with Gasteiger partial charge in [-0.05, 0) is 34.1 Å². The maximum atomic E-state index is 11.8. The maximum absolute atomic E-state index is 11.8. The second-order valence-electron chi connectivity index (χ2n) is 5.43. The second-order valence-corrected chi connectivity index (χ2v) is 7.20. The minimum absolute atomic E-state index is 0.0601. The van der Waals surface area contributed by atoms with E-state index >= 15 is 0 Å². The van der Waals surface area contributed by atoms with E-state index in [4.69, 9.17) is 0 Å². The summed E-state index contributed by atoms with van der Waals surface area (Å²) in [5, 5.41) is 5.54. The molecule has 0 radical (unpaired) electrons. The molecule has 2 amide bonds. The van der Waals surface area contributed by atoms with Gasteiger partial charge in [0.1, 0.15) is 0 Å². The van der Waals surface area contributed by atoms with Crippen LogP contribution in [-0.4, -0.2) is 18.4 Å². The van der Waals surface area contributed by atoms with Crippen molar-refractivity contribution in [2.75, 3.05) is 11.9 Å². The highest BCUT2D eigenvalue weighted by molar-refractivity contribution is 9.11. The number of halogens is 2. The summed E-state index contributed by atoms with van der Waals surface area (Å²) in [4.78, 5) is 23.4. The number of amides is 2. The van der Waals surface area contributed by atoms with Crippen molar-refractivity contribution in [2.24, 2.45) is 5.41 Å². The quantitative estimate of drug-likeness (QED) is 0.802. The lowest BCUT2D eigenvalue weighted by atomic mass is 9.96. The van der Waals surface area contributed by atoms with Crippen LogP contribution < -0.4 is 10.6 Å². The number of carbonyl (C=O) groups excluding carboxylic acids is 2. The summed E-state index contributed by atoms with van der Waals surface area (Å²) in [5.74, 6) is -0.197. The van der Waals surface area contributed by atoms with Gasteiger partial charge in [-0.3, -0.25) is 9.59 Å². The van der Waals surface area contributed by atoms with Crippen LogP contribution >= 0.6 is 31.9 Å². The lowest BCUT2D eigenvalue weighted by molar-refractivity contribution is -0.128.